The van der Waals surface area contributed by atoms with Gasteiger partial charge in [0.15, 0.2) is 0 Å². The van der Waals surface area contributed by atoms with E-state index in [0.29, 0.717) is 12.6 Å². The lowest BCUT2D eigenvalue weighted by Crippen LogP contribution is -2.50. The van der Waals surface area contributed by atoms with E-state index in [1.54, 1.807) is 7.11 Å². The normalized spacial score (nSPS) is 23.9. The molecule has 1 aromatic rings. The predicted molar refractivity (Wildman–Crippen MR) is 115 cm³/mol. The molecule has 1 spiro atoms. The molecule has 0 saturated carbocycles. The van der Waals surface area contributed by atoms with Crippen molar-refractivity contribution in [3.05, 3.63) is 30.3 Å². The molecule has 3 aliphatic rings. The molecule has 1 amide bonds. The summed E-state index contributed by atoms with van der Waals surface area (Å²) >= 11 is 0. The maximum atomic E-state index is 13.2. The fraction of sp³-hybridized carbons (Fsp3) is 0.652. The third-order valence-electron chi connectivity index (χ3n) is 6.92. The number of halogens is 3. The van der Waals surface area contributed by atoms with Gasteiger partial charge in [0.2, 0.25) is 5.91 Å². The summed E-state index contributed by atoms with van der Waals surface area (Å²) in [6.07, 6.45) is -0.645. The highest BCUT2D eigenvalue weighted by Crippen LogP contribution is 2.47. The van der Waals surface area contributed by atoms with Crippen LogP contribution in [0.1, 0.15) is 25.7 Å². The summed E-state index contributed by atoms with van der Waals surface area (Å²) < 4.78 is 42.7. The van der Waals surface area contributed by atoms with Gasteiger partial charge in [0, 0.05) is 44.0 Å². The molecule has 7 nitrogen and oxygen atoms in total. The Morgan fingerprint density at radius 2 is 1.76 bits per heavy atom. The molecule has 1 aromatic carbocycles. The van der Waals surface area contributed by atoms with Crippen molar-refractivity contribution >= 4 is 17.6 Å². The van der Waals surface area contributed by atoms with Gasteiger partial charge in [-0.15, -0.1) is 0 Å². The molecule has 0 aromatic heterocycles. The molecule has 3 heterocycles. The number of nitrogens with zero attached hydrogens (tertiary/aromatic N) is 2. The van der Waals surface area contributed by atoms with Gasteiger partial charge in [0.1, 0.15) is 0 Å². The number of carboxylic acids is 1. The summed E-state index contributed by atoms with van der Waals surface area (Å²) in [5.41, 5.74) is 1.06. The minimum Gasteiger partial charge on any atom is -0.475 e. The van der Waals surface area contributed by atoms with E-state index in [1.807, 2.05) is 35.2 Å². The number of benzene rings is 1. The number of amides is 1. The number of ether oxygens (including phenoxy) is 2. The third-order valence-corrected chi connectivity index (χ3v) is 6.92. The molecular weight excluding hydrogens is 441 g/mol. The number of carboxylic acid groups (broad SMARTS) is 1. The van der Waals surface area contributed by atoms with Crippen LogP contribution in [0.2, 0.25) is 0 Å². The molecule has 0 radical (unpaired) electrons. The van der Waals surface area contributed by atoms with Gasteiger partial charge in [-0.3, -0.25) is 4.79 Å². The summed E-state index contributed by atoms with van der Waals surface area (Å²) in [5.74, 6) is -2.55. The lowest BCUT2D eigenvalue weighted by atomic mass is 9.70. The summed E-state index contributed by atoms with van der Waals surface area (Å²) in [7, 11) is 1.71. The fourth-order valence-electron chi connectivity index (χ4n) is 5.09. The van der Waals surface area contributed by atoms with E-state index in [2.05, 4.69) is 4.90 Å². The van der Waals surface area contributed by atoms with Gasteiger partial charge in [-0.1, -0.05) is 18.2 Å². The SMILES string of the molecule is COCC1C(=O)N(c2ccccc2)CC12CCN(C1CCOCC1)CC2.O=C(O)C(F)(F)F. The van der Waals surface area contributed by atoms with Gasteiger partial charge < -0.3 is 24.4 Å². The number of anilines is 1. The molecule has 4 rings (SSSR count). The van der Waals surface area contributed by atoms with Gasteiger partial charge >= 0.3 is 12.1 Å². The van der Waals surface area contributed by atoms with Crippen LogP contribution in [0, 0.1) is 11.3 Å². The Morgan fingerprint density at radius 3 is 2.27 bits per heavy atom. The quantitative estimate of drug-likeness (QED) is 0.725. The molecule has 0 bridgehead atoms. The zero-order valence-electron chi connectivity index (χ0n) is 18.7. The highest BCUT2D eigenvalue weighted by atomic mass is 19.4. The number of methoxy groups -OCH3 is 1. The van der Waals surface area contributed by atoms with Crippen LogP contribution in [0.25, 0.3) is 0 Å². The first-order valence-corrected chi connectivity index (χ1v) is 11.2. The van der Waals surface area contributed by atoms with Crippen molar-refractivity contribution in [2.75, 3.05) is 51.5 Å². The Kier molecular flexibility index (Phi) is 8.36. The molecule has 1 atom stereocenters. The van der Waals surface area contributed by atoms with Crippen molar-refractivity contribution in [1.82, 2.24) is 4.90 Å². The number of carbonyl (C=O) groups excluding carboxylic acids is 1. The minimum atomic E-state index is -5.08. The third kappa shape index (κ3) is 6.04. The van der Waals surface area contributed by atoms with E-state index in [-0.39, 0.29) is 17.2 Å². The van der Waals surface area contributed by atoms with E-state index in [4.69, 9.17) is 19.4 Å². The highest BCUT2D eigenvalue weighted by molar-refractivity contribution is 5.98. The first kappa shape index (κ1) is 25.5. The van der Waals surface area contributed by atoms with Crippen LogP contribution >= 0.6 is 0 Å². The van der Waals surface area contributed by atoms with Gasteiger partial charge in [-0.2, -0.15) is 13.2 Å². The molecule has 1 unspecified atom stereocenters. The van der Waals surface area contributed by atoms with E-state index in [9.17, 15) is 18.0 Å². The summed E-state index contributed by atoms with van der Waals surface area (Å²) in [4.78, 5) is 26.7. The van der Waals surface area contributed by atoms with Crippen LogP contribution in [-0.4, -0.2) is 80.7 Å². The Bertz CT molecular complexity index is 791. The Morgan fingerprint density at radius 1 is 1.18 bits per heavy atom. The summed E-state index contributed by atoms with van der Waals surface area (Å²) in [5, 5.41) is 7.12. The van der Waals surface area contributed by atoms with E-state index in [1.165, 1.54) is 0 Å². The number of piperidine rings is 1. The van der Waals surface area contributed by atoms with Crippen LogP contribution in [-0.2, 0) is 19.1 Å². The molecule has 10 heteroatoms. The lowest BCUT2D eigenvalue weighted by Gasteiger charge is -2.45. The van der Waals surface area contributed by atoms with Crippen LogP contribution in [0.5, 0.6) is 0 Å². The Labute approximate surface area is 191 Å². The van der Waals surface area contributed by atoms with Crippen molar-refractivity contribution in [1.29, 1.82) is 0 Å². The van der Waals surface area contributed by atoms with Crippen molar-refractivity contribution in [3.8, 4) is 0 Å². The topological polar surface area (TPSA) is 79.3 Å². The lowest BCUT2D eigenvalue weighted by molar-refractivity contribution is -0.192. The van der Waals surface area contributed by atoms with E-state index < -0.39 is 12.1 Å². The van der Waals surface area contributed by atoms with Crippen LogP contribution in [0.3, 0.4) is 0 Å². The smallest absolute Gasteiger partial charge is 0.475 e. The second-order valence-corrected chi connectivity index (χ2v) is 8.81. The average molecular weight is 473 g/mol. The minimum absolute atomic E-state index is 0.0236. The molecule has 3 saturated heterocycles. The van der Waals surface area contributed by atoms with Gasteiger partial charge in [-0.05, 0) is 50.9 Å². The van der Waals surface area contributed by atoms with Crippen LogP contribution in [0.15, 0.2) is 30.3 Å². The number of alkyl halides is 3. The second-order valence-electron chi connectivity index (χ2n) is 8.81. The van der Waals surface area contributed by atoms with Crippen molar-refractivity contribution in [2.45, 2.75) is 37.9 Å². The number of hydrogen-bond donors (Lipinski definition) is 1. The first-order valence-electron chi connectivity index (χ1n) is 11.2. The van der Waals surface area contributed by atoms with E-state index >= 15 is 0 Å². The Hall–Kier alpha value is -2.17. The zero-order chi connectivity index (χ0) is 24.1. The first-order chi connectivity index (χ1) is 15.7. The molecular formula is C23H31F3N2O5. The van der Waals surface area contributed by atoms with Crippen molar-refractivity contribution < 1.29 is 37.3 Å². The molecule has 184 valence electrons. The number of rotatable bonds is 4. The highest BCUT2D eigenvalue weighted by Gasteiger charge is 2.53. The van der Waals surface area contributed by atoms with Gasteiger partial charge in [-0.25, -0.2) is 4.79 Å². The monoisotopic (exact) mass is 472 g/mol. The fourth-order valence-corrected chi connectivity index (χ4v) is 5.09. The average Bonchev–Trinajstić information content (AvgIpc) is 3.07. The van der Waals surface area contributed by atoms with Gasteiger partial charge in [0.05, 0.1) is 12.5 Å². The van der Waals surface area contributed by atoms with Crippen LogP contribution in [0.4, 0.5) is 18.9 Å². The Balaban J connectivity index is 0.000000383. The number of aliphatic carboxylic acids is 1. The zero-order valence-corrected chi connectivity index (χ0v) is 18.7. The molecule has 3 aliphatic heterocycles. The number of carbonyl (C=O) groups is 2. The second kappa shape index (κ2) is 10.8. The molecule has 3 fully saturated rings. The summed E-state index contributed by atoms with van der Waals surface area (Å²) in [6.45, 7) is 5.30. The summed E-state index contributed by atoms with van der Waals surface area (Å²) in [6, 6.07) is 10.7. The number of likely N-dealkylation sites (tertiary alicyclic amines) is 1. The maximum absolute atomic E-state index is 13.2. The van der Waals surface area contributed by atoms with Crippen molar-refractivity contribution in [2.24, 2.45) is 11.3 Å². The number of hydrogen-bond acceptors (Lipinski definition) is 5. The number of para-hydroxylation sites is 1. The van der Waals surface area contributed by atoms with E-state index in [0.717, 1.165) is 64.2 Å². The standard InChI is InChI=1S/C21H30N2O3.C2HF3O2/c1-25-15-19-20(24)23(18-5-3-2-4-6-18)16-21(19)9-11-22(12-10-21)17-7-13-26-14-8-17;3-2(4,5)1(6)7/h2-6,17,19H,7-16H2,1H3;(H,6,7). The molecule has 33 heavy (non-hydrogen) atoms. The van der Waals surface area contributed by atoms with Crippen molar-refractivity contribution in [3.63, 3.8) is 0 Å². The largest absolute Gasteiger partial charge is 0.490 e. The molecule has 1 N–H and O–H groups in total. The predicted octanol–water partition coefficient (Wildman–Crippen LogP) is 3.19. The molecule has 0 aliphatic carbocycles. The van der Waals surface area contributed by atoms with Gasteiger partial charge in [0.25, 0.3) is 0 Å². The maximum Gasteiger partial charge on any atom is 0.490 e. The van der Waals surface area contributed by atoms with Crippen LogP contribution < -0.4 is 4.90 Å².